The van der Waals surface area contributed by atoms with E-state index in [-0.39, 0.29) is 0 Å². The maximum Gasteiger partial charge on any atom is 0.360 e. The van der Waals surface area contributed by atoms with Crippen molar-refractivity contribution in [3.8, 4) is 11.5 Å². The zero-order valence-corrected chi connectivity index (χ0v) is 9.68. The molecule has 2 N–H and O–H groups in total. The molecule has 7 nitrogen and oxygen atoms in total. The summed E-state index contributed by atoms with van der Waals surface area (Å²) < 4.78 is 10.1. The van der Waals surface area contributed by atoms with Crippen LogP contribution < -0.4 is 15.0 Å². The van der Waals surface area contributed by atoms with Crippen LogP contribution in [0.5, 0.6) is 11.5 Å². The molecule has 0 bridgehead atoms. The Morgan fingerprint density at radius 3 is 2.44 bits per heavy atom. The van der Waals surface area contributed by atoms with Crippen LogP contribution >= 0.6 is 0 Å². The van der Waals surface area contributed by atoms with Crippen molar-refractivity contribution in [2.75, 3.05) is 14.2 Å². The first-order chi connectivity index (χ1) is 8.56. The number of rotatable bonds is 3. The van der Waals surface area contributed by atoms with Crippen LogP contribution in [-0.4, -0.2) is 35.3 Å². The second kappa shape index (κ2) is 4.36. The summed E-state index contributed by atoms with van der Waals surface area (Å²) in [6.45, 7) is 0. The summed E-state index contributed by atoms with van der Waals surface area (Å²) in [7, 11) is 2.91. The summed E-state index contributed by atoms with van der Waals surface area (Å²) in [6, 6.07) is 3.02. The van der Waals surface area contributed by atoms with Crippen LogP contribution in [0.3, 0.4) is 0 Å². The highest BCUT2D eigenvalue weighted by Crippen LogP contribution is 2.29. The number of carbonyl (C=O) groups is 1. The maximum atomic E-state index is 11.5. The average molecular weight is 250 g/mol. The molecule has 0 saturated heterocycles. The van der Waals surface area contributed by atoms with Gasteiger partial charge in [0, 0.05) is 12.1 Å². The van der Waals surface area contributed by atoms with E-state index in [1.165, 1.54) is 26.4 Å². The van der Waals surface area contributed by atoms with Crippen molar-refractivity contribution < 1.29 is 19.4 Å². The second-order valence-electron chi connectivity index (χ2n) is 3.44. The highest BCUT2D eigenvalue weighted by atomic mass is 16.5. The van der Waals surface area contributed by atoms with Crippen LogP contribution in [0.4, 0.5) is 0 Å². The van der Waals surface area contributed by atoms with Crippen LogP contribution in [0.2, 0.25) is 0 Å². The molecule has 1 heterocycles. The number of aromatic nitrogens is 2. The first-order valence-corrected chi connectivity index (χ1v) is 4.96. The van der Waals surface area contributed by atoms with Crippen molar-refractivity contribution in [3.63, 3.8) is 0 Å². The molecular formula is C11H10N2O5. The van der Waals surface area contributed by atoms with Crippen molar-refractivity contribution in [2.45, 2.75) is 0 Å². The van der Waals surface area contributed by atoms with Gasteiger partial charge in [-0.3, -0.25) is 4.79 Å². The summed E-state index contributed by atoms with van der Waals surface area (Å²) in [5.41, 5.74) is -0.635. The number of methoxy groups -OCH3 is 2. The molecular weight excluding hydrogens is 240 g/mol. The Morgan fingerprint density at radius 2 is 1.89 bits per heavy atom. The molecule has 2 rings (SSSR count). The number of hydrogen-bond donors (Lipinski definition) is 2. The molecule has 2 aromatic rings. The fourth-order valence-corrected chi connectivity index (χ4v) is 1.56. The van der Waals surface area contributed by atoms with E-state index in [4.69, 9.17) is 14.6 Å². The minimum absolute atomic E-state index is 0.310. The number of carboxylic acids is 1. The van der Waals surface area contributed by atoms with Gasteiger partial charge in [-0.05, 0) is 0 Å². The van der Waals surface area contributed by atoms with Gasteiger partial charge in [0.25, 0.3) is 5.56 Å². The molecule has 0 aliphatic carbocycles. The summed E-state index contributed by atoms with van der Waals surface area (Å²) in [5.74, 6) is -0.556. The highest BCUT2D eigenvalue weighted by Gasteiger charge is 2.14. The Labute approximate surface area is 101 Å². The molecule has 7 heteroatoms. The molecule has 0 fully saturated rings. The molecule has 0 atom stereocenters. The lowest BCUT2D eigenvalue weighted by molar-refractivity contribution is 0.0689. The number of aromatic amines is 1. The van der Waals surface area contributed by atoms with Crippen molar-refractivity contribution in [3.05, 3.63) is 28.2 Å². The molecule has 0 saturated carbocycles. The Balaban J connectivity index is 2.78. The third-order valence-electron chi connectivity index (χ3n) is 2.40. The molecule has 94 valence electrons. The first kappa shape index (κ1) is 11.9. The molecule has 0 radical (unpaired) electrons. The quantitative estimate of drug-likeness (QED) is 0.828. The standard InChI is InChI=1S/C11H10N2O5/c1-17-7-3-5-6(4-8(7)18-2)13-10(14)9(12-5)11(15)16/h3-4H,1-2H3,(H,13,14)(H,15,16). The fourth-order valence-electron chi connectivity index (χ4n) is 1.56. The molecule has 0 aliphatic heterocycles. The Kier molecular flexibility index (Phi) is 2.88. The summed E-state index contributed by atoms with van der Waals surface area (Å²) >= 11 is 0. The van der Waals surface area contributed by atoms with E-state index in [0.29, 0.717) is 22.5 Å². The van der Waals surface area contributed by atoms with E-state index in [2.05, 4.69) is 9.97 Å². The topological polar surface area (TPSA) is 102 Å². The van der Waals surface area contributed by atoms with Gasteiger partial charge >= 0.3 is 5.97 Å². The van der Waals surface area contributed by atoms with Crippen LogP contribution in [-0.2, 0) is 0 Å². The fraction of sp³-hybridized carbons (Fsp3) is 0.182. The van der Waals surface area contributed by atoms with E-state index in [0.717, 1.165) is 0 Å². The predicted molar refractivity (Wildman–Crippen MR) is 62.4 cm³/mol. The zero-order chi connectivity index (χ0) is 13.3. The molecule has 1 aromatic heterocycles. The van der Waals surface area contributed by atoms with Crippen molar-refractivity contribution in [1.82, 2.24) is 9.97 Å². The first-order valence-electron chi connectivity index (χ1n) is 4.96. The molecule has 0 aliphatic rings. The van der Waals surface area contributed by atoms with Gasteiger partial charge in [-0.1, -0.05) is 0 Å². The number of H-pyrrole nitrogens is 1. The number of hydrogen-bond acceptors (Lipinski definition) is 5. The average Bonchev–Trinajstić information content (AvgIpc) is 2.36. The van der Waals surface area contributed by atoms with Gasteiger partial charge in [0.15, 0.2) is 11.5 Å². The van der Waals surface area contributed by atoms with Gasteiger partial charge in [-0.15, -0.1) is 0 Å². The lowest BCUT2D eigenvalue weighted by atomic mass is 10.2. The SMILES string of the molecule is COc1cc2nc(C(=O)O)c(=O)[nH]c2cc1OC. The lowest BCUT2D eigenvalue weighted by Gasteiger charge is -2.08. The lowest BCUT2D eigenvalue weighted by Crippen LogP contribution is -2.19. The van der Waals surface area contributed by atoms with Gasteiger partial charge in [0.2, 0.25) is 5.69 Å². The van der Waals surface area contributed by atoms with Crippen molar-refractivity contribution >= 4 is 17.0 Å². The number of ether oxygens (including phenoxy) is 2. The van der Waals surface area contributed by atoms with Crippen LogP contribution in [0.1, 0.15) is 10.5 Å². The highest BCUT2D eigenvalue weighted by molar-refractivity contribution is 5.88. The number of carboxylic acid groups (broad SMARTS) is 1. The Morgan fingerprint density at radius 1 is 1.28 bits per heavy atom. The predicted octanol–water partition coefficient (Wildman–Crippen LogP) is 0.638. The Hall–Kier alpha value is -2.57. The number of fused-ring (bicyclic) bond motifs is 1. The molecule has 18 heavy (non-hydrogen) atoms. The number of nitrogens with zero attached hydrogens (tertiary/aromatic N) is 1. The summed E-state index contributed by atoms with van der Waals surface area (Å²) in [5, 5.41) is 8.81. The van der Waals surface area contributed by atoms with Gasteiger partial charge in [-0.25, -0.2) is 9.78 Å². The van der Waals surface area contributed by atoms with Crippen LogP contribution in [0.25, 0.3) is 11.0 Å². The monoisotopic (exact) mass is 250 g/mol. The van der Waals surface area contributed by atoms with Crippen LogP contribution in [0, 0.1) is 0 Å². The normalized spacial score (nSPS) is 10.3. The molecule has 0 amide bonds. The van der Waals surface area contributed by atoms with E-state index >= 15 is 0 Å². The zero-order valence-electron chi connectivity index (χ0n) is 9.68. The Bertz CT molecular complexity index is 677. The molecule has 0 spiro atoms. The molecule has 1 aromatic carbocycles. The van der Waals surface area contributed by atoms with Crippen molar-refractivity contribution in [2.24, 2.45) is 0 Å². The smallest absolute Gasteiger partial charge is 0.360 e. The summed E-state index contributed by atoms with van der Waals surface area (Å²) in [6.07, 6.45) is 0. The van der Waals surface area contributed by atoms with E-state index in [1.807, 2.05) is 0 Å². The van der Waals surface area contributed by atoms with Gasteiger partial charge in [0.05, 0.1) is 25.3 Å². The summed E-state index contributed by atoms with van der Waals surface area (Å²) in [4.78, 5) is 28.5. The minimum Gasteiger partial charge on any atom is -0.493 e. The number of aromatic carboxylic acids is 1. The third-order valence-corrected chi connectivity index (χ3v) is 2.40. The second-order valence-corrected chi connectivity index (χ2v) is 3.44. The largest absolute Gasteiger partial charge is 0.493 e. The van der Waals surface area contributed by atoms with Gasteiger partial charge in [-0.2, -0.15) is 0 Å². The van der Waals surface area contributed by atoms with E-state index < -0.39 is 17.2 Å². The van der Waals surface area contributed by atoms with E-state index in [9.17, 15) is 9.59 Å². The number of benzene rings is 1. The van der Waals surface area contributed by atoms with Gasteiger partial charge < -0.3 is 19.6 Å². The third kappa shape index (κ3) is 1.86. The maximum absolute atomic E-state index is 11.5. The number of nitrogens with one attached hydrogen (secondary N) is 1. The van der Waals surface area contributed by atoms with Gasteiger partial charge in [0.1, 0.15) is 0 Å². The van der Waals surface area contributed by atoms with E-state index in [1.54, 1.807) is 0 Å². The minimum atomic E-state index is -1.38. The molecule has 0 unspecified atom stereocenters. The van der Waals surface area contributed by atoms with Crippen molar-refractivity contribution in [1.29, 1.82) is 0 Å². The van der Waals surface area contributed by atoms with Crippen LogP contribution in [0.15, 0.2) is 16.9 Å².